The Kier molecular flexibility index (Phi) is 3.37. The lowest BCUT2D eigenvalue weighted by Crippen LogP contribution is -1.98. The molecule has 0 saturated heterocycles. The van der Waals surface area contributed by atoms with Gasteiger partial charge >= 0.3 is 0 Å². The van der Waals surface area contributed by atoms with Crippen LogP contribution in [0.2, 0.25) is 0 Å². The van der Waals surface area contributed by atoms with Gasteiger partial charge in [-0.25, -0.2) is 13.8 Å². The number of nitrogens with zero attached hydrogens (tertiary/aromatic N) is 2. The smallest absolute Gasteiger partial charge is 0.275 e. The Morgan fingerprint density at radius 3 is 2.63 bits per heavy atom. The highest BCUT2D eigenvalue weighted by Gasteiger charge is 2.15. The van der Waals surface area contributed by atoms with Crippen LogP contribution < -0.4 is 5.32 Å². The number of rotatable bonds is 3. The van der Waals surface area contributed by atoms with Crippen molar-refractivity contribution in [1.29, 1.82) is 0 Å². The molecule has 0 radical (unpaired) electrons. The van der Waals surface area contributed by atoms with Gasteiger partial charge in [0, 0.05) is 18.7 Å². The molecule has 0 amide bonds. The SMILES string of the molecule is CNc1cc([N+](=O)[O-])cc(-c2cc(F)ccc2F)n1. The van der Waals surface area contributed by atoms with Crippen molar-refractivity contribution < 1.29 is 13.7 Å². The van der Waals surface area contributed by atoms with E-state index in [0.29, 0.717) is 0 Å². The molecule has 0 aliphatic heterocycles. The zero-order valence-electron chi connectivity index (χ0n) is 9.85. The highest BCUT2D eigenvalue weighted by molar-refractivity contribution is 5.65. The monoisotopic (exact) mass is 265 g/mol. The van der Waals surface area contributed by atoms with Gasteiger partial charge in [-0.15, -0.1) is 0 Å². The first-order valence-electron chi connectivity index (χ1n) is 5.31. The van der Waals surface area contributed by atoms with Crippen molar-refractivity contribution in [3.8, 4) is 11.3 Å². The summed E-state index contributed by atoms with van der Waals surface area (Å²) in [4.78, 5) is 14.1. The predicted octanol–water partition coefficient (Wildman–Crippen LogP) is 2.98. The van der Waals surface area contributed by atoms with Gasteiger partial charge in [0.1, 0.15) is 17.5 Å². The number of halogens is 2. The van der Waals surface area contributed by atoms with Crippen LogP contribution in [0.5, 0.6) is 0 Å². The molecule has 5 nitrogen and oxygen atoms in total. The lowest BCUT2D eigenvalue weighted by Gasteiger charge is -2.06. The highest BCUT2D eigenvalue weighted by Crippen LogP contribution is 2.27. The second-order valence-electron chi connectivity index (χ2n) is 3.73. The van der Waals surface area contributed by atoms with Gasteiger partial charge in [0.25, 0.3) is 5.69 Å². The number of benzene rings is 1. The number of pyridine rings is 1. The van der Waals surface area contributed by atoms with Gasteiger partial charge in [0.05, 0.1) is 16.7 Å². The van der Waals surface area contributed by atoms with E-state index in [1.165, 1.54) is 13.1 Å². The Morgan fingerprint density at radius 1 is 1.26 bits per heavy atom. The molecule has 0 aliphatic carbocycles. The van der Waals surface area contributed by atoms with Crippen molar-refractivity contribution in [2.45, 2.75) is 0 Å². The van der Waals surface area contributed by atoms with Gasteiger partial charge in [0.2, 0.25) is 0 Å². The summed E-state index contributed by atoms with van der Waals surface area (Å²) in [6.45, 7) is 0. The van der Waals surface area contributed by atoms with Crippen LogP contribution in [0.15, 0.2) is 30.3 Å². The van der Waals surface area contributed by atoms with E-state index in [9.17, 15) is 18.9 Å². The molecular weight excluding hydrogens is 256 g/mol. The molecule has 0 fully saturated rings. The summed E-state index contributed by atoms with van der Waals surface area (Å²) in [5.74, 6) is -1.14. The Morgan fingerprint density at radius 2 is 2.00 bits per heavy atom. The predicted molar refractivity (Wildman–Crippen MR) is 65.8 cm³/mol. The van der Waals surface area contributed by atoms with Crippen LogP contribution in [0.3, 0.4) is 0 Å². The lowest BCUT2D eigenvalue weighted by atomic mass is 10.1. The number of nitrogens with one attached hydrogen (secondary N) is 1. The second-order valence-corrected chi connectivity index (χ2v) is 3.73. The Bertz CT molecular complexity index is 647. The van der Waals surface area contributed by atoms with Crippen LogP contribution >= 0.6 is 0 Å². The topological polar surface area (TPSA) is 68.1 Å². The first-order chi connectivity index (χ1) is 9.01. The minimum atomic E-state index is -0.698. The second kappa shape index (κ2) is 4.97. The third kappa shape index (κ3) is 2.65. The molecule has 0 bridgehead atoms. The summed E-state index contributed by atoms with van der Waals surface area (Å²) in [6.07, 6.45) is 0. The molecule has 7 heteroatoms. The van der Waals surface area contributed by atoms with E-state index in [1.54, 1.807) is 0 Å². The third-order valence-corrected chi connectivity index (χ3v) is 2.48. The van der Waals surface area contributed by atoms with Gasteiger partial charge in [-0.3, -0.25) is 10.1 Å². The molecule has 0 saturated carbocycles. The van der Waals surface area contributed by atoms with E-state index < -0.39 is 16.6 Å². The molecule has 0 unspecified atom stereocenters. The molecule has 0 atom stereocenters. The van der Waals surface area contributed by atoms with E-state index >= 15 is 0 Å². The fraction of sp³-hybridized carbons (Fsp3) is 0.0833. The molecule has 2 aromatic rings. The van der Waals surface area contributed by atoms with Crippen molar-refractivity contribution in [3.63, 3.8) is 0 Å². The number of anilines is 1. The standard InChI is InChI=1S/C12H9F2N3O2/c1-15-12-6-8(17(18)19)5-11(16-12)9-4-7(13)2-3-10(9)14/h2-6H,1H3,(H,15,16). The maximum absolute atomic E-state index is 13.6. The third-order valence-electron chi connectivity index (χ3n) is 2.48. The van der Waals surface area contributed by atoms with Crippen LogP contribution in [0.1, 0.15) is 0 Å². The van der Waals surface area contributed by atoms with Crippen molar-refractivity contribution in [2.75, 3.05) is 12.4 Å². The van der Waals surface area contributed by atoms with E-state index in [0.717, 1.165) is 24.3 Å². The van der Waals surface area contributed by atoms with E-state index in [4.69, 9.17) is 0 Å². The van der Waals surface area contributed by atoms with E-state index in [2.05, 4.69) is 10.3 Å². The minimum absolute atomic E-state index is 0.00412. The van der Waals surface area contributed by atoms with Crippen LogP contribution in [-0.2, 0) is 0 Å². The first-order valence-corrected chi connectivity index (χ1v) is 5.31. The van der Waals surface area contributed by atoms with Gasteiger partial charge in [0.15, 0.2) is 0 Å². The maximum Gasteiger partial charge on any atom is 0.275 e. The van der Waals surface area contributed by atoms with Gasteiger partial charge < -0.3 is 5.32 Å². The summed E-state index contributed by atoms with van der Waals surface area (Å²) in [5.41, 5.74) is -0.381. The average Bonchev–Trinajstić information content (AvgIpc) is 2.40. The normalized spacial score (nSPS) is 10.3. The Balaban J connectivity index is 2.64. The Hall–Kier alpha value is -2.57. The average molecular weight is 265 g/mol. The molecule has 98 valence electrons. The van der Waals surface area contributed by atoms with Crippen LogP contribution in [-0.4, -0.2) is 17.0 Å². The van der Waals surface area contributed by atoms with Crippen LogP contribution in [0.25, 0.3) is 11.3 Å². The summed E-state index contributed by atoms with van der Waals surface area (Å²) >= 11 is 0. The van der Waals surface area contributed by atoms with E-state index in [-0.39, 0.29) is 22.8 Å². The highest BCUT2D eigenvalue weighted by atomic mass is 19.1. The summed E-state index contributed by atoms with van der Waals surface area (Å²) in [6, 6.07) is 5.17. The van der Waals surface area contributed by atoms with Crippen LogP contribution in [0.4, 0.5) is 20.3 Å². The number of aromatic nitrogens is 1. The number of nitro groups is 1. The molecule has 0 aliphatic rings. The molecule has 1 heterocycles. The minimum Gasteiger partial charge on any atom is -0.373 e. The fourth-order valence-corrected chi connectivity index (χ4v) is 1.58. The van der Waals surface area contributed by atoms with Crippen molar-refractivity contribution in [3.05, 3.63) is 52.1 Å². The molecule has 0 spiro atoms. The molecule has 19 heavy (non-hydrogen) atoms. The molecule has 1 N–H and O–H groups in total. The maximum atomic E-state index is 13.6. The van der Waals surface area contributed by atoms with Gasteiger partial charge in [-0.2, -0.15) is 0 Å². The van der Waals surface area contributed by atoms with Crippen molar-refractivity contribution >= 4 is 11.5 Å². The lowest BCUT2D eigenvalue weighted by molar-refractivity contribution is -0.384. The van der Waals surface area contributed by atoms with Gasteiger partial charge in [-0.1, -0.05) is 0 Å². The van der Waals surface area contributed by atoms with Crippen molar-refractivity contribution in [1.82, 2.24) is 4.98 Å². The van der Waals surface area contributed by atoms with Crippen LogP contribution in [0, 0.1) is 21.7 Å². The molecule has 1 aromatic carbocycles. The van der Waals surface area contributed by atoms with Gasteiger partial charge in [-0.05, 0) is 18.2 Å². The van der Waals surface area contributed by atoms with E-state index in [1.807, 2.05) is 0 Å². The largest absolute Gasteiger partial charge is 0.373 e. The zero-order chi connectivity index (χ0) is 14.0. The molecular formula is C12H9F2N3O2. The first kappa shape index (κ1) is 12.9. The van der Waals surface area contributed by atoms with Crippen molar-refractivity contribution in [2.24, 2.45) is 0 Å². The molecule has 1 aromatic heterocycles. The zero-order valence-corrected chi connectivity index (χ0v) is 9.85. The summed E-state index contributed by atoms with van der Waals surface area (Å²) in [5, 5.41) is 13.4. The number of hydrogen-bond donors (Lipinski definition) is 1. The summed E-state index contributed by atoms with van der Waals surface area (Å²) in [7, 11) is 1.53. The Labute approximate surface area is 107 Å². The quantitative estimate of drug-likeness (QED) is 0.684. The number of hydrogen-bond acceptors (Lipinski definition) is 4. The summed E-state index contributed by atoms with van der Waals surface area (Å²) < 4.78 is 26.8. The fourth-order valence-electron chi connectivity index (χ4n) is 1.58. The molecule has 2 rings (SSSR count).